The minimum absolute atomic E-state index is 0.211. The lowest BCUT2D eigenvalue weighted by Gasteiger charge is -2.20. The summed E-state index contributed by atoms with van der Waals surface area (Å²) in [5.74, 6) is 1.22. The van der Waals surface area contributed by atoms with Crippen LogP contribution in [0.3, 0.4) is 0 Å². The fraction of sp³-hybridized carbons (Fsp3) is 0.542. The fourth-order valence-electron chi connectivity index (χ4n) is 2.46. The van der Waals surface area contributed by atoms with Crippen molar-refractivity contribution in [2.24, 2.45) is 4.99 Å². The van der Waals surface area contributed by atoms with Gasteiger partial charge in [-0.15, -0.1) is 0 Å². The van der Waals surface area contributed by atoms with E-state index in [0.717, 1.165) is 55.5 Å². The molecule has 0 radical (unpaired) electrons. The molecule has 4 heteroatoms. The third kappa shape index (κ3) is 12.8. The molecule has 0 amide bonds. The summed E-state index contributed by atoms with van der Waals surface area (Å²) < 4.78 is 0. The van der Waals surface area contributed by atoms with Crippen LogP contribution in [0.25, 0.3) is 0 Å². The van der Waals surface area contributed by atoms with Crippen molar-refractivity contribution in [3.63, 3.8) is 0 Å². The van der Waals surface area contributed by atoms with E-state index in [-0.39, 0.29) is 5.76 Å². The number of unbranched alkanes of at least 4 members (excludes halogenated alkanes) is 1. The molecule has 0 aliphatic carbocycles. The number of nitrogens with zero attached hydrogens (tertiary/aromatic N) is 1. The number of hydrogen-bond acceptors (Lipinski definition) is 3. The molecule has 160 valence electrons. The number of amidine groups is 1. The van der Waals surface area contributed by atoms with Gasteiger partial charge >= 0.3 is 0 Å². The second-order valence-corrected chi connectivity index (χ2v) is 7.01. The smallest absolute Gasteiger partial charge is 0.128 e. The Labute approximate surface area is 182 Å². The molecular formula is C24H41BrN2O. The average Bonchev–Trinajstić information content (AvgIpc) is 2.73. The van der Waals surface area contributed by atoms with Crippen LogP contribution in [0.2, 0.25) is 0 Å². The predicted octanol–water partition coefficient (Wildman–Crippen LogP) is 7.44. The first-order valence-electron chi connectivity index (χ1n) is 10.5. The Hall–Kier alpha value is -1.55. The number of alkyl halides is 1. The molecule has 28 heavy (non-hydrogen) atoms. The van der Waals surface area contributed by atoms with Crippen molar-refractivity contribution in [2.75, 3.05) is 18.4 Å². The van der Waals surface area contributed by atoms with E-state index in [2.05, 4.69) is 65.4 Å². The molecule has 1 heterocycles. The van der Waals surface area contributed by atoms with E-state index in [1.165, 1.54) is 11.1 Å². The van der Waals surface area contributed by atoms with Gasteiger partial charge in [0.05, 0.1) is 0 Å². The van der Waals surface area contributed by atoms with Crippen molar-refractivity contribution < 1.29 is 5.11 Å². The van der Waals surface area contributed by atoms with E-state index >= 15 is 0 Å². The zero-order valence-electron chi connectivity index (χ0n) is 18.7. The van der Waals surface area contributed by atoms with Gasteiger partial charge in [0.15, 0.2) is 0 Å². The van der Waals surface area contributed by atoms with Crippen LogP contribution < -0.4 is 5.32 Å². The number of aliphatic hydroxyl groups excluding tert-OH is 1. The van der Waals surface area contributed by atoms with E-state index in [1.54, 1.807) is 12.2 Å². The average molecular weight is 454 g/mol. The van der Waals surface area contributed by atoms with Gasteiger partial charge in [-0.25, -0.2) is 0 Å². The van der Waals surface area contributed by atoms with Crippen LogP contribution in [0.1, 0.15) is 66.7 Å². The van der Waals surface area contributed by atoms with Crippen molar-refractivity contribution in [2.45, 2.75) is 66.7 Å². The van der Waals surface area contributed by atoms with E-state index in [0.29, 0.717) is 6.42 Å². The summed E-state index contributed by atoms with van der Waals surface area (Å²) >= 11 is 3.15. The summed E-state index contributed by atoms with van der Waals surface area (Å²) in [7, 11) is 0. The molecule has 1 aliphatic rings. The normalized spacial score (nSPS) is 14.5. The lowest BCUT2D eigenvalue weighted by atomic mass is 9.95. The van der Waals surface area contributed by atoms with E-state index in [9.17, 15) is 5.11 Å². The highest BCUT2D eigenvalue weighted by molar-refractivity contribution is 9.09. The van der Waals surface area contributed by atoms with Gasteiger partial charge in [-0.2, -0.15) is 0 Å². The molecule has 3 nitrogen and oxygen atoms in total. The number of aliphatic hydroxyl groups is 1. The molecule has 0 aromatic heterocycles. The van der Waals surface area contributed by atoms with Crippen molar-refractivity contribution in [1.29, 1.82) is 0 Å². The van der Waals surface area contributed by atoms with Crippen molar-refractivity contribution >= 4 is 21.8 Å². The number of allylic oxidation sites excluding steroid dienone is 5. The van der Waals surface area contributed by atoms with E-state index in [4.69, 9.17) is 0 Å². The zero-order valence-corrected chi connectivity index (χ0v) is 20.2. The molecule has 0 fully saturated rings. The maximum atomic E-state index is 9.85. The van der Waals surface area contributed by atoms with E-state index in [1.807, 2.05) is 20.8 Å². The Morgan fingerprint density at radius 1 is 1.29 bits per heavy atom. The molecule has 0 unspecified atom stereocenters. The highest BCUT2D eigenvalue weighted by atomic mass is 79.9. The van der Waals surface area contributed by atoms with Crippen LogP contribution >= 0.6 is 15.9 Å². The highest BCUT2D eigenvalue weighted by Crippen LogP contribution is 2.23. The van der Waals surface area contributed by atoms with Gasteiger partial charge in [0.1, 0.15) is 11.6 Å². The molecule has 0 aromatic rings. The van der Waals surface area contributed by atoms with Crippen LogP contribution in [0.4, 0.5) is 0 Å². The molecule has 0 saturated carbocycles. The van der Waals surface area contributed by atoms with Crippen molar-refractivity contribution in [3.8, 4) is 0 Å². The minimum Gasteiger partial charge on any atom is -0.508 e. The largest absolute Gasteiger partial charge is 0.508 e. The standard InChI is InChI=1S/C20H30N2O.C2H5Br.C2H6/c1-5-8-11-18(20-21-14-9-15-22-20)17(7-3)13-12-16(4)19(23)10-6-2;1-2-3;1-2/h6-7,10-11,23H,2,4-5,8-9,12-15H2,1,3H3,(H,21,22);2H2,1H3;1-2H3/b17-7+,18-11+,19-10+;;. The predicted molar refractivity (Wildman–Crippen MR) is 132 cm³/mol. The summed E-state index contributed by atoms with van der Waals surface area (Å²) in [6, 6.07) is 0. The maximum Gasteiger partial charge on any atom is 0.128 e. The third-order valence-electron chi connectivity index (χ3n) is 3.82. The number of hydrogen-bond donors (Lipinski definition) is 2. The topological polar surface area (TPSA) is 44.6 Å². The van der Waals surface area contributed by atoms with Crippen LogP contribution in [0.15, 0.2) is 64.9 Å². The first kappa shape index (κ1) is 28.7. The Morgan fingerprint density at radius 2 is 1.93 bits per heavy atom. The lowest BCUT2D eigenvalue weighted by Crippen LogP contribution is -2.31. The van der Waals surface area contributed by atoms with Crippen LogP contribution in [-0.2, 0) is 0 Å². The zero-order chi connectivity index (χ0) is 21.8. The molecule has 0 aromatic carbocycles. The molecule has 1 rings (SSSR count). The first-order chi connectivity index (χ1) is 13.5. The number of halogens is 1. The Morgan fingerprint density at radius 3 is 2.39 bits per heavy atom. The molecule has 0 saturated heterocycles. The molecule has 1 aliphatic heterocycles. The van der Waals surface area contributed by atoms with Crippen molar-refractivity contribution in [1.82, 2.24) is 5.32 Å². The Kier molecular flexibility index (Phi) is 20.7. The van der Waals surface area contributed by atoms with Gasteiger partial charge in [-0.05, 0) is 49.8 Å². The lowest BCUT2D eigenvalue weighted by molar-refractivity contribution is 0.419. The maximum absolute atomic E-state index is 9.85. The molecule has 0 atom stereocenters. The molecule has 0 spiro atoms. The second-order valence-electron chi connectivity index (χ2n) is 5.89. The molecule has 0 bridgehead atoms. The summed E-state index contributed by atoms with van der Waals surface area (Å²) in [5.41, 5.74) is 3.19. The monoisotopic (exact) mass is 452 g/mol. The Balaban J connectivity index is 0. The van der Waals surface area contributed by atoms with Gasteiger partial charge in [-0.3, -0.25) is 4.99 Å². The van der Waals surface area contributed by atoms with Gasteiger partial charge < -0.3 is 10.4 Å². The second kappa shape index (κ2) is 20.2. The van der Waals surface area contributed by atoms with Crippen LogP contribution in [0, 0.1) is 0 Å². The van der Waals surface area contributed by atoms with Crippen LogP contribution in [0.5, 0.6) is 0 Å². The SMILES string of the molecule is C=C/C=C(/O)C(=C)CCC(=C\C)/C(=C\CCC)C1=NCCCN1.CC.CCBr. The number of nitrogens with one attached hydrogen (secondary N) is 1. The Bertz CT molecular complexity index is 557. The van der Waals surface area contributed by atoms with Gasteiger partial charge in [0.2, 0.25) is 0 Å². The quantitative estimate of drug-likeness (QED) is 0.216. The first-order valence-corrected chi connectivity index (χ1v) is 11.6. The third-order valence-corrected chi connectivity index (χ3v) is 3.82. The summed E-state index contributed by atoms with van der Waals surface area (Å²) in [6.45, 7) is 19.7. The minimum atomic E-state index is 0.211. The summed E-state index contributed by atoms with van der Waals surface area (Å²) in [5, 5.41) is 14.3. The van der Waals surface area contributed by atoms with Crippen LogP contribution in [-0.4, -0.2) is 29.4 Å². The van der Waals surface area contributed by atoms with Gasteiger partial charge in [-0.1, -0.05) is 81.4 Å². The molecule has 2 N–H and O–H groups in total. The summed E-state index contributed by atoms with van der Waals surface area (Å²) in [4.78, 5) is 4.64. The highest BCUT2D eigenvalue weighted by Gasteiger charge is 2.14. The molecular weight excluding hydrogens is 412 g/mol. The van der Waals surface area contributed by atoms with Gasteiger partial charge in [0.25, 0.3) is 0 Å². The number of aliphatic imine (C=N–C) groups is 1. The van der Waals surface area contributed by atoms with Gasteiger partial charge in [0, 0.05) is 24.0 Å². The van der Waals surface area contributed by atoms with Crippen molar-refractivity contribution in [3.05, 3.63) is 59.9 Å². The van der Waals surface area contributed by atoms with E-state index < -0.39 is 0 Å². The number of rotatable bonds is 9. The fourth-order valence-corrected chi connectivity index (χ4v) is 2.46. The summed E-state index contributed by atoms with van der Waals surface area (Å²) in [6.07, 6.45) is 12.4.